The Kier molecular flexibility index (Phi) is 6.11. The van der Waals surface area contributed by atoms with Crippen molar-refractivity contribution in [3.05, 3.63) is 63.7 Å². The van der Waals surface area contributed by atoms with Gasteiger partial charge in [0, 0.05) is 6.42 Å². The van der Waals surface area contributed by atoms with E-state index in [0.29, 0.717) is 0 Å². The third-order valence-electron chi connectivity index (χ3n) is 3.63. The van der Waals surface area contributed by atoms with E-state index in [1.807, 2.05) is 0 Å². The quantitative estimate of drug-likeness (QED) is 0.638. The summed E-state index contributed by atoms with van der Waals surface area (Å²) in [6.45, 7) is 0. The second-order valence-corrected chi connectivity index (χ2v) is 5.58. The molecule has 8 heteroatoms. The van der Waals surface area contributed by atoms with Crippen LogP contribution >= 0.6 is 11.6 Å². The van der Waals surface area contributed by atoms with Crippen molar-refractivity contribution in [2.24, 2.45) is 0 Å². The lowest BCUT2D eigenvalue weighted by atomic mass is 10.0. The molecule has 2 aromatic rings. The second kappa shape index (κ2) is 8.28. The highest BCUT2D eigenvalue weighted by molar-refractivity contribution is 6.33. The minimum Gasteiger partial charge on any atom is -0.467 e. The highest BCUT2D eigenvalue weighted by Gasteiger charge is 2.28. The normalized spacial score (nSPS) is 11.2. The predicted molar refractivity (Wildman–Crippen MR) is 90.4 cm³/mol. The molecule has 0 heterocycles. The Morgan fingerprint density at radius 3 is 2.35 bits per heavy atom. The molecule has 0 radical (unpaired) electrons. The minimum atomic E-state index is -1.34. The van der Waals surface area contributed by atoms with E-state index in [1.165, 1.54) is 6.07 Å². The largest absolute Gasteiger partial charge is 0.467 e. The lowest BCUT2D eigenvalue weighted by molar-refractivity contribution is -0.141. The van der Waals surface area contributed by atoms with Gasteiger partial charge >= 0.3 is 5.97 Å². The van der Waals surface area contributed by atoms with Gasteiger partial charge < -0.3 is 10.1 Å². The molecule has 0 unspecified atom stereocenters. The number of ether oxygens (including phenoxy) is 1. The fraction of sp³-hybridized carbons (Fsp3) is 0.167. The monoisotopic (exact) mass is 375 g/mol. The lowest BCUT2D eigenvalue weighted by Crippen LogP contribution is -2.33. The number of rotatable bonds is 5. The zero-order chi connectivity index (χ0) is 19.3. The molecule has 5 nitrogen and oxygen atoms in total. The molecular formula is C18H12ClF2N3O2. The van der Waals surface area contributed by atoms with Crippen LogP contribution in [0.25, 0.3) is 0 Å². The summed E-state index contributed by atoms with van der Waals surface area (Å²) in [5, 5.41) is 20.0. The fourth-order valence-electron chi connectivity index (χ4n) is 2.36. The molecule has 0 fully saturated rings. The van der Waals surface area contributed by atoms with Crippen molar-refractivity contribution < 1.29 is 18.3 Å². The van der Waals surface area contributed by atoms with Crippen LogP contribution < -0.4 is 5.32 Å². The highest BCUT2D eigenvalue weighted by atomic mass is 35.5. The summed E-state index contributed by atoms with van der Waals surface area (Å²) in [4.78, 5) is 12.1. The van der Waals surface area contributed by atoms with E-state index in [9.17, 15) is 18.8 Å². The van der Waals surface area contributed by atoms with Gasteiger partial charge in [0.25, 0.3) is 0 Å². The number of esters is 1. The molecule has 0 aromatic heterocycles. The first-order chi connectivity index (χ1) is 12.4. The topological polar surface area (TPSA) is 85.9 Å². The van der Waals surface area contributed by atoms with Crippen molar-refractivity contribution in [3.8, 4) is 12.1 Å². The van der Waals surface area contributed by atoms with Crippen LogP contribution in [0, 0.1) is 34.3 Å². The van der Waals surface area contributed by atoms with E-state index in [4.69, 9.17) is 21.6 Å². The van der Waals surface area contributed by atoms with Gasteiger partial charge in [-0.25, -0.2) is 13.6 Å². The van der Waals surface area contributed by atoms with E-state index in [-0.39, 0.29) is 6.42 Å². The summed E-state index contributed by atoms with van der Waals surface area (Å²) in [7, 11) is 1.16. The van der Waals surface area contributed by atoms with Gasteiger partial charge in [-0.1, -0.05) is 41.9 Å². The third-order valence-corrected chi connectivity index (χ3v) is 3.99. The fourth-order valence-corrected chi connectivity index (χ4v) is 2.60. The number of nitrogens with zero attached hydrogens (tertiary/aromatic N) is 2. The number of anilines is 1. The average Bonchev–Trinajstić information content (AvgIpc) is 2.66. The lowest BCUT2D eigenvalue weighted by Gasteiger charge is -2.20. The van der Waals surface area contributed by atoms with Crippen LogP contribution in [0.4, 0.5) is 14.5 Å². The van der Waals surface area contributed by atoms with E-state index in [2.05, 4.69) is 5.32 Å². The first-order valence-electron chi connectivity index (χ1n) is 7.33. The number of hydrogen-bond donors (Lipinski definition) is 1. The van der Waals surface area contributed by atoms with Crippen molar-refractivity contribution in [3.63, 3.8) is 0 Å². The first kappa shape index (κ1) is 19.2. The molecule has 0 saturated carbocycles. The Morgan fingerprint density at radius 1 is 1.19 bits per heavy atom. The van der Waals surface area contributed by atoms with Gasteiger partial charge in [0.15, 0.2) is 11.6 Å². The highest BCUT2D eigenvalue weighted by Crippen LogP contribution is 2.34. The summed E-state index contributed by atoms with van der Waals surface area (Å²) < 4.78 is 33.1. The molecule has 0 bridgehead atoms. The van der Waals surface area contributed by atoms with Gasteiger partial charge in [0.2, 0.25) is 0 Å². The Labute approximate surface area is 153 Å². The van der Waals surface area contributed by atoms with Crippen molar-refractivity contribution in [1.82, 2.24) is 0 Å². The van der Waals surface area contributed by atoms with Gasteiger partial charge in [-0.3, -0.25) is 0 Å². The van der Waals surface area contributed by atoms with Crippen LogP contribution in [-0.2, 0) is 16.0 Å². The van der Waals surface area contributed by atoms with Crippen LogP contribution in [0.3, 0.4) is 0 Å². The minimum absolute atomic E-state index is 0.123. The van der Waals surface area contributed by atoms with Crippen molar-refractivity contribution >= 4 is 23.3 Å². The molecule has 26 heavy (non-hydrogen) atoms. The van der Waals surface area contributed by atoms with Gasteiger partial charge in [-0.2, -0.15) is 10.5 Å². The second-order valence-electron chi connectivity index (χ2n) is 5.20. The first-order valence-corrected chi connectivity index (χ1v) is 7.71. The van der Waals surface area contributed by atoms with Gasteiger partial charge in [-0.05, 0) is 5.56 Å². The van der Waals surface area contributed by atoms with Crippen LogP contribution in [0.2, 0.25) is 5.02 Å². The van der Waals surface area contributed by atoms with Crippen molar-refractivity contribution in [2.45, 2.75) is 12.5 Å². The number of methoxy groups -OCH3 is 1. The Bertz CT molecular complexity index is 921. The summed E-state index contributed by atoms with van der Waals surface area (Å²) in [6.07, 6.45) is 0.123. The molecule has 0 aliphatic carbocycles. The Hall–Kier alpha value is -3.16. The van der Waals surface area contributed by atoms with Crippen LogP contribution in [0.5, 0.6) is 0 Å². The zero-order valence-electron chi connectivity index (χ0n) is 13.5. The molecule has 0 saturated heterocycles. The number of nitrogens with one attached hydrogen (secondary N) is 1. The van der Waals surface area contributed by atoms with Crippen molar-refractivity contribution in [2.75, 3.05) is 12.4 Å². The van der Waals surface area contributed by atoms with Crippen LogP contribution in [-0.4, -0.2) is 19.1 Å². The maximum absolute atomic E-state index is 14.2. The molecule has 0 aliphatic heterocycles. The molecule has 0 amide bonds. The number of carbonyl (C=O) groups is 1. The molecular weight excluding hydrogens is 364 g/mol. The molecule has 0 spiro atoms. The summed E-state index contributed by atoms with van der Waals surface area (Å²) >= 11 is 5.87. The molecule has 2 aromatic carbocycles. The predicted octanol–water partition coefficient (Wildman–Crippen LogP) is 3.56. The molecule has 1 atom stereocenters. The SMILES string of the molecule is COC(=O)[C@@H](Cc1ccccc1)Nc1c(Cl)c(F)c(C#N)c(F)c1C#N. The Morgan fingerprint density at radius 2 is 1.81 bits per heavy atom. The summed E-state index contributed by atoms with van der Waals surface area (Å²) in [5.74, 6) is -3.36. The van der Waals surface area contributed by atoms with E-state index < -0.39 is 45.5 Å². The number of carbonyl (C=O) groups excluding carboxylic acids is 1. The van der Waals surface area contributed by atoms with E-state index >= 15 is 0 Å². The molecule has 1 N–H and O–H groups in total. The van der Waals surface area contributed by atoms with Gasteiger partial charge in [-0.15, -0.1) is 0 Å². The van der Waals surface area contributed by atoms with Gasteiger partial charge in [0.1, 0.15) is 34.3 Å². The standard InChI is InChI=1S/C18H12ClF2N3O2/c1-26-18(25)13(7-10-5-3-2-4-6-10)24-17-12(9-23)15(20)11(8-22)16(21)14(17)19/h2-6,13,24H,7H2,1H3/t13-/m1/s1. The molecule has 132 valence electrons. The molecule has 2 rings (SSSR count). The maximum Gasteiger partial charge on any atom is 0.328 e. The number of hydrogen-bond acceptors (Lipinski definition) is 5. The number of nitriles is 2. The van der Waals surface area contributed by atoms with E-state index in [1.54, 1.807) is 36.4 Å². The zero-order valence-corrected chi connectivity index (χ0v) is 14.3. The van der Waals surface area contributed by atoms with E-state index in [0.717, 1.165) is 12.7 Å². The smallest absolute Gasteiger partial charge is 0.328 e. The third kappa shape index (κ3) is 3.74. The van der Waals surface area contributed by atoms with Crippen LogP contribution in [0.15, 0.2) is 30.3 Å². The molecule has 0 aliphatic rings. The number of benzene rings is 2. The Balaban J connectivity index is 2.50. The van der Waals surface area contributed by atoms with Crippen LogP contribution in [0.1, 0.15) is 16.7 Å². The van der Waals surface area contributed by atoms with Crippen molar-refractivity contribution in [1.29, 1.82) is 10.5 Å². The van der Waals surface area contributed by atoms with Gasteiger partial charge in [0.05, 0.1) is 12.8 Å². The summed E-state index contributed by atoms with van der Waals surface area (Å²) in [5.41, 5.74) is -1.28. The number of halogens is 3. The maximum atomic E-state index is 14.2. The average molecular weight is 376 g/mol. The summed E-state index contributed by atoms with van der Waals surface area (Å²) in [6, 6.07) is 10.6.